The predicted octanol–water partition coefficient (Wildman–Crippen LogP) is 1.39. The fourth-order valence-corrected chi connectivity index (χ4v) is 2.56. The highest BCUT2D eigenvalue weighted by atomic mass is 16.5. The molecule has 1 aromatic heterocycles. The van der Waals surface area contributed by atoms with E-state index in [4.69, 9.17) is 4.74 Å². The van der Waals surface area contributed by atoms with Crippen molar-refractivity contribution in [1.82, 2.24) is 14.7 Å². The van der Waals surface area contributed by atoms with Crippen molar-refractivity contribution >= 4 is 0 Å². The van der Waals surface area contributed by atoms with E-state index in [0.29, 0.717) is 5.75 Å². The average molecular weight is 253 g/mol. The number of hydrogen-bond acceptors (Lipinski definition) is 4. The highest BCUT2D eigenvalue weighted by molar-refractivity contribution is 5.31. The molecule has 0 atom stereocenters. The van der Waals surface area contributed by atoms with Crippen LogP contribution in [0.1, 0.15) is 38.4 Å². The largest absolute Gasteiger partial charge is 0.493 e. The van der Waals surface area contributed by atoms with E-state index in [0.717, 1.165) is 31.6 Å². The molecule has 0 aliphatic carbocycles. The maximum atomic E-state index is 10.9. The van der Waals surface area contributed by atoms with Crippen LogP contribution in [0.2, 0.25) is 0 Å². The lowest BCUT2D eigenvalue weighted by molar-refractivity contribution is -0.0298. The molecule has 0 bridgehead atoms. The highest BCUT2D eigenvalue weighted by Crippen LogP contribution is 2.38. The summed E-state index contributed by atoms with van der Waals surface area (Å²) in [7, 11) is 3.71. The molecule has 1 fully saturated rings. The molecule has 0 unspecified atom stereocenters. The van der Waals surface area contributed by atoms with Gasteiger partial charge in [-0.25, -0.2) is 0 Å². The molecule has 5 heteroatoms. The van der Waals surface area contributed by atoms with Gasteiger partial charge in [0.15, 0.2) is 5.75 Å². The van der Waals surface area contributed by atoms with Crippen LogP contribution in [0, 0.1) is 0 Å². The molecule has 2 rings (SSSR count). The molecule has 0 saturated carbocycles. The fraction of sp³-hybridized carbons (Fsp3) is 0.769. The first-order valence-corrected chi connectivity index (χ1v) is 6.51. The minimum Gasteiger partial charge on any atom is -0.493 e. The van der Waals surface area contributed by atoms with Crippen molar-refractivity contribution in [1.29, 1.82) is 0 Å². The molecule has 1 saturated heterocycles. The molecule has 1 aliphatic rings. The van der Waals surface area contributed by atoms with E-state index in [1.54, 1.807) is 13.3 Å². The van der Waals surface area contributed by atoms with Gasteiger partial charge < -0.3 is 14.7 Å². The van der Waals surface area contributed by atoms with E-state index < -0.39 is 5.60 Å². The SMILES string of the molecule is COc1cnn(C(C)C)c1C1(O)CCN(C)CC1. The van der Waals surface area contributed by atoms with Crippen molar-refractivity contribution < 1.29 is 9.84 Å². The van der Waals surface area contributed by atoms with Gasteiger partial charge in [0.2, 0.25) is 0 Å². The second-order valence-corrected chi connectivity index (χ2v) is 5.43. The zero-order valence-electron chi connectivity index (χ0n) is 11.7. The van der Waals surface area contributed by atoms with E-state index >= 15 is 0 Å². The lowest BCUT2D eigenvalue weighted by atomic mass is 9.87. The number of hydrogen-bond donors (Lipinski definition) is 1. The van der Waals surface area contributed by atoms with Crippen LogP contribution in [-0.2, 0) is 5.60 Å². The molecule has 2 heterocycles. The summed E-state index contributed by atoms with van der Waals surface area (Å²) in [5.74, 6) is 0.691. The summed E-state index contributed by atoms with van der Waals surface area (Å²) in [5, 5.41) is 15.3. The lowest BCUT2D eigenvalue weighted by Crippen LogP contribution is -2.42. The minimum absolute atomic E-state index is 0.215. The van der Waals surface area contributed by atoms with Gasteiger partial charge in [0.1, 0.15) is 11.3 Å². The molecule has 1 aliphatic heterocycles. The van der Waals surface area contributed by atoms with Crippen LogP contribution in [0.15, 0.2) is 6.20 Å². The van der Waals surface area contributed by atoms with Crippen LogP contribution in [0.4, 0.5) is 0 Å². The van der Waals surface area contributed by atoms with Gasteiger partial charge >= 0.3 is 0 Å². The Morgan fingerprint density at radius 1 is 1.39 bits per heavy atom. The minimum atomic E-state index is -0.821. The monoisotopic (exact) mass is 253 g/mol. The van der Waals surface area contributed by atoms with Crippen LogP contribution >= 0.6 is 0 Å². The van der Waals surface area contributed by atoms with E-state index in [2.05, 4.69) is 30.9 Å². The highest BCUT2D eigenvalue weighted by Gasteiger charge is 2.39. The maximum absolute atomic E-state index is 10.9. The second-order valence-electron chi connectivity index (χ2n) is 5.43. The summed E-state index contributed by atoms with van der Waals surface area (Å²) in [6, 6.07) is 0.215. The van der Waals surface area contributed by atoms with Crippen molar-refractivity contribution in [2.24, 2.45) is 0 Å². The first kappa shape index (κ1) is 13.4. The molecule has 1 N–H and O–H groups in total. The van der Waals surface area contributed by atoms with Gasteiger partial charge in [0.05, 0.1) is 13.3 Å². The van der Waals surface area contributed by atoms with Gasteiger partial charge in [-0.2, -0.15) is 5.10 Å². The Balaban J connectivity index is 2.39. The standard InChI is InChI=1S/C13H23N3O2/c1-10(2)16-12(11(18-4)9-14-16)13(17)5-7-15(3)8-6-13/h9-10,17H,5-8H2,1-4H3. The quantitative estimate of drug-likeness (QED) is 0.884. The summed E-state index contributed by atoms with van der Waals surface area (Å²) >= 11 is 0. The number of piperidine rings is 1. The molecule has 0 aromatic carbocycles. The predicted molar refractivity (Wildman–Crippen MR) is 69.8 cm³/mol. The maximum Gasteiger partial charge on any atom is 0.162 e. The Morgan fingerprint density at radius 3 is 2.50 bits per heavy atom. The van der Waals surface area contributed by atoms with Crippen molar-refractivity contribution in [3.8, 4) is 5.75 Å². The summed E-state index contributed by atoms with van der Waals surface area (Å²) in [5.41, 5.74) is 0.00613. The molecule has 0 spiro atoms. The Labute approximate surface area is 108 Å². The Hall–Kier alpha value is -1.07. The first-order chi connectivity index (χ1) is 8.48. The summed E-state index contributed by atoms with van der Waals surface area (Å²) < 4.78 is 7.24. The molecular weight excluding hydrogens is 230 g/mol. The number of methoxy groups -OCH3 is 1. The summed E-state index contributed by atoms with van der Waals surface area (Å²) in [6.45, 7) is 5.91. The second kappa shape index (κ2) is 4.90. The van der Waals surface area contributed by atoms with E-state index in [-0.39, 0.29) is 6.04 Å². The van der Waals surface area contributed by atoms with Crippen molar-refractivity contribution in [3.63, 3.8) is 0 Å². The third-order valence-electron chi connectivity index (χ3n) is 3.73. The Kier molecular flexibility index (Phi) is 3.64. The third-order valence-corrected chi connectivity index (χ3v) is 3.73. The first-order valence-electron chi connectivity index (χ1n) is 6.51. The average Bonchev–Trinajstić information content (AvgIpc) is 2.78. The molecule has 5 nitrogen and oxygen atoms in total. The van der Waals surface area contributed by atoms with Gasteiger partial charge in [-0.15, -0.1) is 0 Å². The van der Waals surface area contributed by atoms with Gasteiger partial charge in [-0.05, 0) is 33.7 Å². The lowest BCUT2D eigenvalue weighted by Gasteiger charge is -2.37. The van der Waals surface area contributed by atoms with Gasteiger partial charge in [0, 0.05) is 19.1 Å². The number of ether oxygens (including phenoxy) is 1. The number of rotatable bonds is 3. The van der Waals surface area contributed by atoms with Crippen LogP contribution in [0.5, 0.6) is 5.75 Å². The molecular formula is C13H23N3O2. The van der Waals surface area contributed by atoms with Gasteiger partial charge in [-0.3, -0.25) is 4.68 Å². The molecule has 102 valence electrons. The van der Waals surface area contributed by atoms with Gasteiger partial charge in [0.25, 0.3) is 0 Å². The summed E-state index contributed by atoms with van der Waals surface area (Å²) in [4.78, 5) is 2.23. The fourth-order valence-electron chi connectivity index (χ4n) is 2.56. The normalized spacial score (nSPS) is 20.3. The van der Waals surface area contributed by atoms with Crippen molar-refractivity contribution in [2.75, 3.05) is 27.2 Å². The molecule has 1 aromatic rings. The summed E-state index contributed by atoms with van der Waals surface area (Å²) in [6.07, 6.45) is 3.14. The number of likely N-dealkylation sites (tertiary alicyclic amines) is 1. The number of aliphatic hydroxyl groups is 1. The van der Waals surface area contributed by atoms with Crippen LogP contribution in [0.25, 0.3) is 0 Å². The third kappa shape index (κ3) is 2.24. The van der Waals surface area contributed by atoms with E-state index in [1.807, 2.05) is 4.68 Å². The van der Waals surface area contributed by atoms with Crippen molar-refractivity contribution in [3.05, 3.63) is 11.9 Å². The van der Waals surface area contributed by atoms with Crippen LogP contribution in [-0.4, -0.2) is 47.0 Å². The van der Waals surface area contributed by atoms with E-state index in [9.17, 15) is 5.11 Å². The number of nitrogens with zero attached hydrogens (tertiary/aromatic N) is 3. The van der Waals surface area contributed by atoms with Crippen LogP contribution in [0.3, 0.4) is 0 Å². The van der Waals surface area contributed by atoms with Crippen molar-refractivity contribution in [2.45, 2.75) is 38.3 Å². The zero-order chi connectivity index (χ0) is 13.3. The zero-order valence-corrected chi connectivity index (χ0v) is 11.7. The van der Waals surface area contributed by atoms with Gasteiger partial charge in [-0.1, -0.05) is 0 Å². The Morgan fingerprint density at radius 2 is 2.00 bits per heavy atom. The molecule has 18 heavy (non-hydrogen) atoms. The molecule has 0 amide bonds. The van der Waals surface area contributed by atoms with Crippen LogP contribution < -0.4 is 4.74 Å². The topological polar surface area (TPSA) is 50.5 Å². The molecule has 0 radical (unpaired) electrons. The van der Waals surface area contributed by atoms with E-state index in [1.165, 1.54) is 0 Å². The number of aromatic nitrogens is 2. The smallest absolute Gasteiger partial charge is 0.162 e. The Bertz CT molecular complexity index is 406.